The lowest BCUT2D eigenvalue weighted by Crippen LogP contribution is -1.96. The fraction of sp³-hybridized carbons (Fsp3) is 0.222. The Morgan fingerprint density at radius 2 is 2.00 bits per heavy atom. The summed E-state index contributed by atoms with van der Waals surface area (Å²) in [4.78, 5) is 0.799. The molecule has 2 nitrogen and oxygen atoms in total. The molecule has 0 bridgehead atoms. The molecule has 0 saturated carbocycles. The highest BCUT2D eigenvalue weighted by Crippen LogP contribution is 2.05. The third-order valence-corrected chi connectivity index (χ3v) is 2.78. The molecule has 0 unspecified atom stereocenters. The van der Waals surface area contributed by atoms with E-state index in [1.165, 1.54) is 0 Å². The van der Waals surface area contributed by atoms with Crippen LogP contribution in [0.25, 0.3) is 0 Å². The molecule has 1 aromatic rings. The number of hydrogen-bond acceptors (Lipinski definition) is 2. The Bertz CT molecular complexity index is 302. The summed E-state index contributed by atoms with van der Waals surface area (Å²) >= 11 is 0. The Morgan fingerprint density at radius 3 is 2.58 bits per heavy atom. The van der Waals surface area contributed by atoms with Gasteiger partial charge in [0.1, 0.15) is 0 Å². The predicted molar refractivity (Wildman–Crippen MR) is 47.9 cm³/mol. The standard InChI is InChI=1S/C9H9NOS/c10-7-4-8-12(11)9-5-2-1-3-6-9/h1-3,5-6H,4,8H2/t12-/m0/s1. The topological polar surface area (TPSA) is 40.9 Å². The molecule has 12 heavy (non-hydrogen) atoms. The third kappa shape index (κ3) is 2.48. The van der Waals surface area contributed by atoms with Crippen LogP contribution in [0.1, 0.15) is 6.42 Å². The quantitative estimate of drug-likeness (QED) is 0.708. The summed E-state index contributed by atoms with van der Waals surface area (Å²) in [6.45, 7) is 0. The highest BCUT2D eigenvalue weighted by molar-refractivity contribution is 7.85. The monoisotopic (exact) mass is 179 g/mol. The van der Waals surface area contributed by atoms with Crippen LogP contribution in [0.5, 0.6) is 0 Å². The molecule has 1 rings (SSSR count). The summed E-state index contributed by atoms with van der Waals surface area (Å²) in [5.74, 6) is 0.431. The molecule has 0 radical (unpaired) electrons. The lowest BCUT2D eigenvalue weighted by atomic mass is 10.4. The highest BCUT2D eigenvalue weighted by atomic mass is 32.2. The van der Waals surface area contributed by atoms with Gasteiger partial charge in [-0.2, -0.15) is 5.26 Å². The fourth-order valence-electron chi connectivity index (χ4n) is 0.828. The van der Waals surface area contributed by atoms with Gasteiger partial charge >= 0.3 is 0 Å². The molecule has 62 valence electrons. The van der Waals surface area contributed by atoms with Crippen molar-refractivity contribution in [2.75, 3.05) is 5.75 Å². The van der Waals surface area contributed by atoms with Gasteiger partial charge in [0.05, 0.1) is 16.9 Å². The molecule has 0 heterocycles. The maximum absolute atomic E-state index is 11.4. The molecule has 0 aliphatic heterocycles. The van der Waals surface area contributed by atoms with Crippen molar-refractivity contribution >= 4 is 10.8 Å². The van der Waals surface area contributed by atoms with Crippen molar-refractivity contribution in [3.8, 4) is 6.07 Å². The van der Waals surface area contributed by atoms with Gasteiger partial charge in [-0.05, 0) is 12.1 Å². The average Bonchev–Trinajstić information content (AvgIpc) is 2.15. The van der Waals surface area contributed by atoms with Crippen molar-refractivity contribution in [1.29, 1.82) is 5.26 Å². The van der Waals surface area contributed by atoms with Gasteiger partial charge in [0, 0.05) is 17.1 Å². The van der Waals surface area contributed by atoms with Crippen LogP contribution in [0.3, 0.4) is 0 Å². The summed E-state index contributed by atoms with van der Waals surface area (Å²) in [7, 11) is -1.01. The maximum Gasteiger partial charge on any atom is 0.0631 e. The van der Waals surface area contributed by atoms with Gasteiger partial charge in [0.25, 0.3) is 0 Å². The molecule has 0 fully saturated rings. The number of hydrogen-bond donors (Lipinski definition) is 0. The van der Waals surface area contributed by atoms with E-state index in [9.17, 15) is 4.21 Å². The predicted octanol–water partition coefficient (Wildman–Crippen LogP) is 1.71. The fourth-order valence-corrected chi connectivity index (χ4v) is 1.80. The van der Waals surface area contributed by atoms with Crippen LogP contribution in [-0.2, 0) is 10.8 Å². The van der Waals surface area contributed by atoms with E-state index in [-0.39, 0.29) is 0 Å². The van der Waals surface area contributed by atoms with Crippen molar-refractivity contribution in [2.24, 2.45) is 0 Å². The first-order chi connectivity index (χ1) is 5.84. The zero-order valence-corrected chi connectivity index (χ0v) is 7.38. The second kappa shape index (κ2) is 4.68. The second-order valence-corrected chi connectivity index (χ2v) is 3.84. The van der Waals surface area contributed by atoms with Gasteiger partial charge in [-0.15, -0.1) is 0 Å². The number of nitrogens with zero attached hydrogens (tertiary/aromatic N) is 1. The first-order valence-corrected chi connectivity index (χ1v) is 4.97. The summed E-state index contributed by atoms with van der Waals surface area (Å²) in [5, 5.41) is 8.28. The Balaban J connectivity index is 2.61. The zero-order valence-electron chi connectivity index (χ0n) is 6.56. The van der Waals surface area contributed by atoms with Crippen LogP contribution in [0, 0.1) is 11.3 Å². The first kappa shape index (κ1) is 8.95. The third-order valence-electron chi connectivity index (χ3n) is 1.41. The Hall–Kier alpha value is -1.14. The lowest BCUT2D eigenvalue weighted by molar-refractivity contribution is 0.683. The molecule has 1 aromatic carbocycles. The molecule has 1 atom stereocenters. The largest absolute Gasteiger partial charge is 0.254 e. The van der Waals surface area contributed by atoms with Crippen LogP contribution in [0.15, 0.2) is 35.2 Å². The first-order valence-electron chi connectivity index (χ1n) is 3.65. The van der Waals surface area contributed by atoms with Crippen LogP contribution in [0.4, 0.5) is 0 Å². The number of benzene rings is 1. The zero-order chi connectivity index (χ0) is 8.81. The lowest BCUT2D eigenvalue weighted by Gasteiger charge is -1.96. The summed E-state index contributed by atoms with van der Waals surface area (Å²) in [6.07, 6.45) is 0.349. The van der Waals surface area contributed by atoms with E-state index in [1.54, 1.807) is 0 Å². The summed E-state index contributed by atoms with van der Waals surface area (Å²) in [5.41, 5.74) is 0. The van der Waals surface area contributed by atoms with E-state index < -0.39 is 10.8 Å². The SMILES string of the molecule is N#CCC[S@](=O)c1ccccc1. The molecule has 0 aliphatic carbocycles. The molecule has 0 spiro atoms. The van der Waals surface area contributed by atoms with Gasteiger partial charge in [-0.25, -0.2) is 0 Å². The Kier molecular flexibility index (Phi) is 3.49. The molecule has 0 N–H and O–H groups in total. The van der Waals surface area contributed by atoms with Crippen molar-refractivity contribution in [1.82, 2.24) is 0 Å². The van der Waals surface area contributed by atoms with Crippen LogP contribution >= 0.6 is 0 Å². The molecular formula is C9H9NOS. The maximum atomic E-state index is 11.4. The minimum absolute atomic E-state index is 0.349. The Labute approximate surface area is 74.3 Å². The molecule has 0 saturated heterocycles. The van der Waals surface area contributed by atoms with Crippen LogP contribution in [0.2, 0.25) is 0 Å². The molecule has 0 amide bonds. The van der Waals surface area contributed by atoms with Crippen molar-refractivity contribution < 1.29 is 4.21 Å². The summed E-state index contributed by atoms with van der Waals surface area (Å²) < 4.78 is 11.4. The van der Waals surface area contributed by atoms with Crippen LogP contribution in [-0.4, -0.2) is 9.96 Å². The normalized spacial score (nSPS) is 11.9. The molecule has 0 aromatic heterocycles. The van der Waals surface area contributed by atoms with Gasteiger partial charge < -0.3 is 0 Å². The minimum Gasteiger partial charge on any atom is -0.254 e. The minimum atomic E-state index is -1.01. The van der Waals surface area contributed by atoms with E-state index in [0.717, 1.165) is 4.90 Å². The number of nitriles is 1. The number of rotatable bonds is 3. The second-order valence-electron chi connectivity index (χ2n) is 2.27. The highest BCUT2D eigenvalue weighted by Gasteiger charge is 2.00. The molecular weight excluding hydrogens is 170 g/mol. The van der Waals surface area contributed by atoms with Crippen molar-refractivity contribution in [2.45, 2.75) is 11.3 Å². The van der Waals surface area contributed by atoms with Crippen molar-refractivity contribution in [3.05, 3.63) is 30.3 Å². The average molecular weight is 179 g/mol. The van der Waals surface area contributed by atoms with Crippen LogP contribution < -0.4 is 0 Å². The van der Waals surface area contributed by atoms with Gasteiger partial charge in [-0.1, -0.05) is 18.2 Å². The van der Waals surface area contributed by atoms with E-state index in [1.807, 2.05) is 36.4 Å². The Morgan fingerprint density at radius 1 is 1.33 bits per heavy atom. The smallest absolute Gasteiger partial charge is 0.0631 e. The molecule has 3 heteroatoms. The van der Waals surface area contributed by atoms with Gasteiger partial charge in [0.2, 0.25) is 0 Å². The van der Waals surface area contributed by atoms with Gasteiger partial charge in [0.15, 0.2) is 0 Å². The molecule has 0 aliphatic rings. The van der Waals surface area contributed by atoms with E-state index in [0.29, 0.717) is 12.2 Å². The van der Waals surface area contributed by atoms with E-state index >= 15 is 0 Å². The van der Waals surface area contributed by atoms with E-state index in [2.05, 4.69) is 0 Å². The van der Waals surface area contributed by atoms with Crippen molar-refractivity contribution in [3.63, 3.8) is 0 Å². The summed E-state index contributed by atoms with van der Waals surface area (Å²) in [6, 6.07) is 11.2. The van der Waals surface area contributed by atoms with E-state index in [4.69, 9.17) is 5.26 Å². The van der Waals surface area contributed by atoms with Gasteiger partial charge in [-0.3, -0.25) is 4.21 Å².